The van der Waals surface area contributed by atoms with Gasteiger partial charge in [-0.1, -0.05) is 61.5 Å². The van der Waals surface area contributed by atoms with Crippen molar-refractivity contribution in [1.82, 2.24) is 0 Å². The normalized spacial score (nSPS) is 15.6. The molecule has 1 unspecified atom stereocenters. The first kappa shape index (κ1) is 27.5. The molecule has 2 amide bonds. The fourth-order valence-electron chi connectivity index (χ4n) is 4.04. The summed E-state index contributed by atoms with van der Waals surface area (Å²) in [5.41, 5.74) is 9.64. The van der Waals surface area contributed by atoms with Gasteiger partial charge in [-0.2, -0.15) is 5.26 Å². The van der Waals surface area contributed by atoms with Gasteiger partial charge in [-0.15, -0.1) is 0 Å². The summed E-state index contributed by atoms with van der Waals surface area (Å²) in [6, 6.07) is 23.5. The summed E-state index contributed by atoms with van der Waals surface area (Å²) >= 11 is 1.07. The summed E-state index contributed by atoms with van der Waals surface area (Å²) in [6.07, 6.45) is 3.17. The van der Waals surface area contributed by atoms with E-state index in [1.54, 1.807) is 42.5 Å². The van der Waals surface area contributed by atoms with Crippen LogP contribution in [0.5, 0.6) is 5.75 Å². The third-order valence-corrected chi connectivity index (χ3v) is 7.35. The van der Waals surface area contributed by atoms with Crippen LogP contribution in [0.15, 0.2) is 89.1 Å². The van der Waals surface area contributed by atoms with Crippen molar-refractivity contribution in [2.24, 2.45) is 10.7 Å². The Morgan fingerprint density at radius 1 is 1.05 bits per heavy atom. The van der Waals surface area contributed by atoms with Gasteiger partial charge in [0.05, 0.1) is 23.9 Å². The topological polar surface area (TPSA) is 130 Å². The number of nitrogens with one attached hydrogen (secondary N) is 2. The molecule has 198 valence electrons. The van der Waals surface area contributed by atoms with Gasteiger partial charge in [0.2, 0.25) is 5.91 Å². The summed E-state index contributed by atoms with van der Waals surface area (Å²) < 4.78 is 5.42. The zero-order valence-electron chi connectivity index (χ0n) is 21.7. The summed E-state index contributed by atoms with van der Waals surface area (Å²) in [7, 11) is 1.53. The number of nitrogens with two attached hydrogens (primary N) is 1. The van der Waals surface area contributed by atoms with E-state index >= 15 is 0 Å². The van der Waals surface area contributed by atoms with Crippen LogP contribution < -0.4 is 21.1 Å². The molecule has 4 rings (SSSR count). The largest absolute Gasteiger partial charge is 0.494 e. The second-order valence-electron chi connectivity index (χ2n) is 8.82. The van der Waals surface area contributed by atoms with E-state index in [4.69, 9.17) is 10.5 Å². The van der Waals surface area contributed by atoms with E-state index in [1.165, 1.54) is 12.7 Å². The fourth-order valence-corrected chi connectivity index (χ4v) is 5.16. The first-order valence-corrected chi connectivity index (χ1v) is 13.4. The molecule has 0 aliphatic carbocycles. The smallest absolute Gasteiger partial charge is 0.260 e. The number of benzene rings is 3. The monoisotopic (exact) mass is 539 g/mol. The van der Waals surface area contributed by atoms with Gasteiger partial charge < -0.3 is 21.1 Å². The molecule has 4 N–H and O–H groups in total. The number of anilines is 2. The number of methoxy groups -OCH3 is 1. The molecule has 39 heavy (non-hydrogen) atoms. The molecule has 1 heterocycles. The van der Waals surface area contributed by atoms with Crippen LogP contribution in [0, 0.1) is 11.3 Å². The molecule has 0 aromatic heterocycles. The number of para-hydroxylation sites is 3. The van der Waals surface area contributed by atoms with E-state index < -0.39 is 17.1 Å². The highest BCUT2D eigenvalue weighted by Gasteiger charge is 2.38. The number of amides is 2. The lowest BCUT2D eigenvalue weighted by atomic mass is 10.1. The van der Waals surface area contributed by atoms with E-state index in [2.05, 4.69) is 28.6 Å². The van der Waals surface area contributed by atoms with Gasteiger partial charge in [0.1, 0.15) is 27.8 Å². The highest BCUT2D eigenvalue weighted by molar-refractivity contribution is 8.16. The second kappa shape index (κ2) is 12.8. The zero-order chi connectivity index (χ0) is 27.8. The minimum atomic E-state index is -0.928. The van der Waals surface area contributed by atoms with Gasteiger partial charge in [-0.05, 0) is 54.8 Å². The van der Waals surface area contributed by atoms with E-state index in [9.17, 15) is 14.9 Å². The lowest BCUT2D eigenvalue weighted by Crippen LogP contribution is -2.29. The number of carbonyl (C=O) groups is 2. The first-order chi connectivity index (χ1) is 18.9. The molecule has 1 atom stereocenters. The molecule has 0 fully saturated rings. The van der Waals surface area contributed by atoms with E-state index in [1.807, 2.05) is 30.3 Å². The van der Waals surface area contributed by atoms with Gasteiger partial charge in [0.15, 0.2) is 0 Å². The number of carbonyl (C=O) groups excluding carboxylic acids is 2. The maximum absolute atomic E-state index is 13.5. The van der Waals surface area contributed by atoms with Crippen molar-refractivity contribution in [1.29, 1.82) is 5.26 Å². The average molecular weight is 540 g/mol. The number of nitriles is 1. The van der Waals surface area contributed by atoms with Gasteiger partial charge in [-0.25, -0.2) is 4.99 Å². The SMILES string of the molecule is CCCCc1ccc(NC(=O)C2=C(N)C(C(=O)Nc3ccccc3C#N)SC2=Nc2ccccc2OC)cc1. The quantitative estimate of drug-likeness (QED) is 0.327. The first-order valence-electron chi connectivity index (χ1n) is 12.5. The third kappa shape index (κ3) is 6.48. The highest BCUT2D eigenvalue weighted by atomic mass is 32.2. The van der Waals surface area contributed by atoms with Gasteiger partial charge in [0, 0.05) is 11.4 Å². The Morgan fingerprint density at radius 2 is 1.77 bits per heavy atom. The Hall–Kier alpha value is -4.55. The standard InChI is InChI=1S/C30H29N5O3S/c1-3-4-9-19-14-16-21(17-15-19)33-28(36)25-26(32)27(29(37)34-22-11-6-5-10-20(22)18-31)39-30(25)35-23-12-7-8-13-24(23)38-2/h5-8,10-17,27H,3-4,9,32H2,1-2H3,(H,33,36)(H,34,37). The number of rotatable bonds is 9. The fraction of sp³-hybridized carbons (Fsp3) is 0.200. The molecule has 3 aromatic rings. The van der Waals surface area contributed by atoms with Gasteiger partial charge in [0.25, 0.3) is 5.91 Å². The lowest BCUT2D eigenvalue weighted by molar-refractivity contribution is -0.115. The van der Waals surface area contributed by atoms with Crippen LogP contribution in [0.1, 0.15) is 30.9 Å². The van der Waals surface area contributed by atoms with Crippen molar-refractivity contribution in [2.45, 2.75) is 31.4 Å². The Bertz CT molecular complexity index is 1470. The van der Waals surface area contributed by atoms with Gasteiger partial charge >= 0.3 is 0 Å². The van der Waals surface area contributed by atoms with Crippen LogP contribution in [0.4, 0.5) is 17.1 Å². The number of thioether (sulfide) groups is 1. The second-order valence-corrected chi connectivity index (χ2v) is 9.91. The number of aliphatic imine (C=N–C) groups is 1. The number of ether oxygens (including phenoxy) is 1. The third-order valence-electron chi connectivity index (χ3n) is 6.12. The number of unbranched alkanes of at least 4 members (excludes halogenated alkanes) is 1. The van der Waals surface area contributed by atoms with E-state index in [0.717, 1.165) is 31.0 Å². The number of aryl methyl sites for hydroxylation is 1. The Balaban J connectivity index is 1.66. The Labute approximate surface area is 232 Å². The highest BCUT2D eigenvalue weighted by Crippen LogP contribution is 2.38. The molecule has 8 nitrogen and oxygen atoms in total. The minimum Gasteiger partial charge on any atom is -0.494 e. The molecular weight excluding hydrogens is 510 g/mol. The predicted molar refractivity (Wildman–Crippen MR) is 156 cm³/mol. The van der Waals surface area contributed by atoms with Crippen molar-refractivity contribution < 1.29 is 14.3 Å². The molecule has 1 aliphatic rings. The van der Waals surface area contributed by atoms with Crippen molar-refractivity contribution >= 4 is 45.7 Å². The number of nitrogens with zero attached hydrogens (tertiary/aromatic N) is 2. The Morgan fingerprint density at radius 3 is 2.49 bits per heavy atom. The summed E-state index contributed by atoms with van der Waals surface area (Å²) in [6.45, 7) is 2.15. The molecule has 3 aromatic carbocycles. The van der Waals surface area contributed by atoms with Crippen LogP contribution in [0.3, 0.4) is 0 Å². The van der Waals surface area contributed by atoms with Crippen molar-refractivity contribution in [3.8, 4) is 11.8 Å². The van der Waals surface area contributed by atoms with Crippen molar-refractivity contribution in [3.05, 3.63) is 95.2 Å². The van der Waals surface area contributed by atoms with E-state index in [-0.39, 0.29) is 11.3 Å². The summed E-state index contributed by atoms with van der Waals surface area (Å²) in [5.74, 6) is -0.416. The molecule has 0 radical (unpaired) electrons. The minimum absolute atomic E-state index is 0.0812. The molecule has 0 saturated carbocycles. The van der Waals surface area contributed by atoms with Crippen LogP contribution >= 0.6 is 11.8 Å². The number of hydrogen-bond acceptors (Lipinski definition) is 7. The van der Waals surface area contributed by atoms with E-state index in [0.29, 0.717) is 33.4 Å². The van der Waals surface area contributed by atoms with Crippen molar-refractivity contribution in [3.63, 3.8) is 0 Å². The van der Waals surface area contributed by atoms with Crippen LogP contribution in [-0.2, 0) is 16.0 Å². The molecule has 1 aliphatic heterocycles. The molecule has 9 heteroatoms. The van der Waals surface area contributed by atoms with Gasteiger partial charge in [-0.3, -0.25) is 9.59 Å². The summed E-state index contributed by atoms with van der Waals surface area (Å²) in [4.78, 5) is 31.5. The van der Waals surface area contributed by atoms with Crippen molar-refractivity contribution in [2.75, 3.05) is 17.7 Å². The molecule has 0 spiro atoms. The number of hydrogen-bond donors (Lipinski definition) is 3. The molecule has 0 bridgehead atoms. The lowest BCUT2D eigenvalue weighted by Gasteiger charge is -2.12. The molecule has 0 saturated heterocycles. The van der Waals surface area contributed by atoms with Crippen LogP contribution in [0.25, 0.3) is 0 Å². The maximum atomic E-state index is 13.5. The summed E-state index contributed by atoms with van der Waals surface area (Å²) in [5, 5.41) is 14.4. The maximum Gasteiger partial charge on any atom is 0.260 e. The zero-order valence-corrected chi connectivity index (χ0v) is 22.5. The molecular formula is C30H29N5O3S. The Kier molecular flexibility index (Phi) is 9.02. The average Bonchev–Trinajstić information content (AvgIpc) is 3.28. The predicted octanol–water partition coefficient (Wildman–Crippen LogP) is 5.55. The van der Waals surface area contributed by atoms with Crippen LogP contribution in [-0.4, -0.2) is 29.2 Å². The van der Waals surface area contributed by atoms with Crippen LogP contribution in [0.2, 0.25) is 0 Å².